The Kier molecular flexibility index (Phi) is 5.87. The Morgan fingerprint density at radius 1 is 1.22 bits per heavy atom. The number of aromatic nitrogens is 2. The fourth-order valence-electron chi connectivity index (χ4n) is 3.13. The van der Waals surface area contributed by atoms with Crippen LogP contribution in [-0.2, 0) is 16.0 Å². The maximum absolute atomic E-state index is 12.5. The van der Waals surface area contributed by atoms with E-state index in [9.17, 15) is 4.79 Å². The highest BCUT2D eigenvalue weighted by Crippen LogP contribution is 2.17. The molecule has 0 spiro atoms. The van der Waals surface area contributed by atoms with Crippen LogP contribution in [0.5, 0.6) is 0 Å². The third-order valence-corrected chi connectivity index (χ3v) is 4.39. The largest absolute Gasteiger partial charge is 0.376 e. The molecular weight excluding hydrogens is 296 g/mol. The number of hydrogen-bond acceptors (Lipinski definition) is 4. The molecule has 2 aliphatic heterocycles. The summed E-state index contributed by atoms with van der Waals surface area (Å²) in [6.07, 6.45) is 9.94. The van der Waals surface area contributed by atoms with E-state index >= 15 is 0 Å². The molecule has 2 fully saturated rings. The van der Waals surface area contributed by atoms with E-state index in [0.29, 0.717) is 19.6 Å². The van der Waals surface area contributed by atoms with Gasteiger partial charge in [0.15, 0.2) is 0 Å². The second-order valence-corrected chi connectivity index (χ2v) is 6.21. The highest BCUT2D eigenvalue weighted by Gasteiger charge is 2.26. The van der Waals surface area contributed by atoms with E-state index < -0.39 is 0 Å². The molecule has 128 valence electrons. The Morgan fingerprint density at radius 2 is 1.91 bits per heavy atom. The molecule has 1 aromatic rings. The third kappa shape index (κ3) is 4.94. The van der Waals surface area contributed by atoms with Gasteiger partial charge in [0.1, 0.15) is 0 Å². The van der Waals surface area contributed by atoms with Gasteiger partial charge in [-0.15, -0.1) is 0 Å². The number of nitrogens with one attached hydrogen (secondary N) is 1. The first-order chi connectivity index (χ1) is 11.3. The normalized spacial score (nSPS) is 24.0. The standard InChI is InChI=1S/C16H26N4O3/c21-16(18-6-8-19-7-5-17-13-19)20(11-14-3-1-9-22-14)12-15-4-2-10-23-15/h5,7,13-15H,1-4,6,8-12H2,(H,18,21)/t14-,15+. The van der Waals surface area contributed by atoms with Crippen LogP contribution < -0.4 is 5.32 Å². The van der Waals surface area contributed by atoms with Gasteiger partial charge in [0, 0.05) is 51.8 Å². The molecule has 1 aromatic heterocycles. The van der Waals surface area contributed by atoms with Crippen molar-refractivity contribution in [1.82, 2.24) is 19.8 Å². The summed E-state index contributed by atoms with van der Waals surface area (Å²) in [6.45, 7) is 4.22. The molecule has 7 heteroatoms. The minimum atomic E-state index is -0.0314. The van der Waals surface area contributed by atoms with Crippen molar-refractivity contribution in [3.63, 3.8) is 0 Å². The van der Waals surface area contributed by atoms with Gasteiger partial charge in [0.05, 0.1) is 18.5 Å². The number of hydrogen-bond donors (Lipinski definition) is 1. The van der Waals surface area contributed by atoms with Crippen molar-refractivity contribution >= 4 is 6.03 Å². The van der Waals surface area contributed by atoms with E-state index in [-0.39, 0.29) is 18.2 Å². The lowest BCUT2D eigenvalue weighted by Gasteiger charge is -2.28. The second-order valence-electron chi connectivity index (χ2n) is 6.21. The van der Waals surface area contributed by atoms with Crippen LogP contribution in [0.1, 0.15) is 25.7 Å². The molecule has 0 saturated carbocycles. The number of rotatable bonds is 7. The summed E-state index contributed by atoms with van der Waals surface area (Å²) < 4.78 is 13.3. The second kappa shape index (κ2) is 8.31. The number of carbonyl (C=O) groups excluding carboxylic acids is 1. The third-order valence-electron chi connectivity index (χ3n) is 4.39. The summed E-state index contributed by atoms with van der Waals surface area (Å²) >= 11 is 0. The summed E-state index contributed by atoms with van der Waals surface area (Å²) in [7, 11) is 0. The quantitative estimate of drug-likeness (QED) is 0.820. The van der Waals surface area contributed by atoms with E-state index in [2.05, 4.69) is 10.3 Å². The van der Waals surface area contributed by atoms with Gasteiger partial charge < -0.3 is 24.3 Å². The van der Waals surface area contributed by atoms with E-state index in [4.69, 9.17) is 9.47 Å². The Hall–Kier alpha value is -1.60. The Labute approximate surface area is 137 Å². The van der Waals surface area contributed by atoms with Crippen LogP contribution in [0.15, 0.2) is 18.7 Å². The number of carbonyl (C=O) groups is 1. The zero-order chi connectivity index (χ0) is 15.9. The molecule has 0 aromatic carbocycles. The van der Waals surface area contributed by atoms with Crippen LogP contribution in [0.25, 0.3) is 0 Å². The van der Waals surface area contributed by atoms with Crippen molar-refractivity contribution in [2.75, 3.05) is 32.8 Å². The first kappa shape index (κ1) is 16.3. The fraction of sp³-hybridized carbons (Fsp3) is 0.750. The van der Waals surface area contributed by atoms with Crippen LogP contribution in [0, 0.1) is 0 Å². The predicted molar refractivity (Wildman–Crippen MR) is 85.1 cm³/mol. The van der Waals surface area contributed by atoms with Crippen LogP contribution in [0.4, 0.5) is 4.79 Å². The molecule has 2 aliphatic rings. The van der Waals surface area contributed by atoms with Crippen LogP contribution in [-0.4, -0.2) is 65.5 Å². The first-order valence-electron chi connectivity index (χ1n) is 8.53. The topological polar surface area (TPSA) is 68.6 Å². The van der Waals surface area contributed by atoms with E-state index in [1.807, 2.05) is 15.7 Å². The van der Waals surface area contributed by atoms with Gasteiger partial charge in [-0.2, -0.15) is 0 Å². The fourth-order valence-corrected chi connectivity index (χ4v) is 3.13. The van der Waals surface area contributed by atoms with E-state index in [1.165, 1.54) is 0 Å². The molecule has 7 nitrogen and oxygen atoms in total. The van der Waals surface area contributed by atoms with Crippen molar-refractivity contribution in [3.05, 3.63) is 18.7 Å². The van der Waals surface area contributed by atoms with Gasteiger partial charge in [0.2, 0.25) is 0 Å². The van der Waals surface area contributed by atoms with Crippen molar-refractivity contribution in [2.45, 2.75) is 44.4 Å². The van der Waals surface area contributed by atoms with E-state index in [1.54, 1.807) is 12.5 Å². The van der Waals surface area contributed by atoms with Gasteiger partial charge in [-0.05, 0) is 25.7 Å². The first-order valence-corrected chi connectivity index (χ1v) is 8.53. The van der Waals surface area contributed by atoms with Gasteiger partial charge in [-0.3, -0.25) is 0 Å². The summed E-state index contributed by atoms with van der Waals surface area (Å²) in [6, 6.07) is -0.0314. The Bertz CT molecular complexity index is 450. The molecule has 23 heavy (non-hydrogen) atoms. The zero-order valence-corrected chi connectivity index (χ0v) is 13.5. The average molecular weight is 322 g/mol. The lowest BCUT2D eigenvalue weighted by atomic mass is 10.2. The SMILES string of the molecule is O=C(NCCn1ccnc1)N(C[C@H]1CCCO1)C[C@@H]1CCCO1. The van der Waals surface area contributed by atoms with Crippen molar-refractivity contribution in [3.8, 4) is 0 Å². The van der Waals surface area contributed by atoms with Crippen LogP contribution in [0.2, 0.25) is 0 Å². The van der Waals surface area contributed by atoms with Gasteiger partial charge in [-0.25, -0.2) is 9.78 Å². The molecule has 3 rings (SSSR count). The average Bonchev–Trinajstić information content (AvgIpc) is 3.30. The maximum Gasteiger partial charge on any atom is 0.317 e. The summed E-state index contributed by atoms with van der Waals surface area (Å²) in [5.41, 5.74) is 0. The van der Waals surface area contributed by atoms with Crippen molar-refractivity contribution < 1.29 is 14.3 Å². The zero-order valence-electron chi connectivity index (χ0n) is 13.5. The lowest BCUT2D eigenvalue weighted by molar-refractivity contribution is 0.0498. The van der Waals surface area contributed by atoms with Crippen molar-refractivity contribution in [1.29, 1.82) is 0 Å². The number of nitrogens with zero attached hydrogens (tertiary/aromatic N) is 3. The summed E-state index contributed by atoms with van der Waals surface area (Å²) in [5.74, 6) is 0. The molecule has 0 aliphatic carbocycles. The molecular formula is C16H26N4O3. The number of amides is 2. The molecule has 2 amide bonds. The number of urea groups is 1. The molecule has 1 N–H and O–H groups in total. The highest BCUT2D eigenvalue weighted by atomic mass is 16.5. The molecule has 0 unspecified atom stereocenters. The monoisotopic (exact) mass is 322 g/mol. The Morgan fingerprint density at radius 3 is 2.43 bits per heavy atom. The highest BCUT2D eigenvalue weighted by molar-refractivity contribution is 5.74. The minimum absolute atomic E-state index is 0.0314. The van der Waals surface area contributed by atoms with Gasteiger partial charge >= 0.3 is 6.03 Å². The molecule has 0 bridgehead atoms. The smallest absolute Gasteiger partial charge is 0.317 e. The molecule has 0 radical (unpaired) electrons. The molecule has 2 atom stereocenters. The predicted octanol–water partition coefficient (Wildman–Crippen LogP) is 1.25. The summed E-state index contributed by atoms with van der Waals surface area (Å²) in [5, 5.41) is 3.00. The maximum atomic E-state index is 12.5. The Balaban J connectivity index is 1.48. The van der Waals surface area contributed by atoms with Crippen LogP contribution >= 0.6 is 0 Å². The van der Waals surface area contributed by atoms with Crippen molar-refractivity contribution in [2.24, 2.45) is 0 Å². The number of imidazole rings is 1. The lowest BCUT2D eigenvalue weighted by Crippen LogP contribution is -2.47. The summed E-state index contributed by atoms with van der Waals surface area (Å²) in [4.78, 5) is 18.4. The molecule has 3 heterocycles. The minimum Gasteiger partial charge on any atom is -0.376 e. The van der Waals surface area contributed by atoms with E-state index in [0.717, 1.165) is 45.4 Å². The van der Waals surface area contributed by atoms with Crippen LogP contribution in [0.3, 0.4) is 0 Å². The molecule has 2 saturated heterocycles. The number of ether oxygens (including phenoxy) is 2. The van der Waals surface area contributed by atoms with Gasteiger partial charge in [0.25, 0.3) is 0 Å². The van der Waals surface area contributed by atoms with Gasteiger partial charge in [-0.1, -0.05) is 0 Å².